The van der Waals surface area contributed by atoms with Crippen LogP contribution in [-0.2, 0) is 4.79 Å². The van der Waals surface area contributed by atoms with Gasteiger partial charge in [-0.25, -0.2) is 0 Å². The van der Waals surface area contributed by atoms with Gasteiger partial charge in [0.25, 0.3) is 0 Å². The highest BCUT2D eigenvalue weighted by Gasteiger charge is 2.39. The van der Waals surface area contributed by atoms with E-state index < -0.39 is 0 Å². The van der Waals surface area contributed by atoms with E-state index in [1.165, 1.54) is 12.8 Å². The predicted molar refractivity (Wildman–Crippen MR) is 96.8 cm³/mol. The molecule has 1 unspecified atom stereocenters. The van der Waals surface area contributed by atoms with Crippen molar-refractivity contribution in [2.24, 2.45) is 5.92 Å². The molecule has 0 aliphatic heterocycles. The van der Waals surface area contributed by atoms with Crippen molar-refractivity contribution >= 4 is 28.6 Å². The predicted octanol–water partition coefficient (Wildman–Crippen LogP) is 5.15. The molecule has 2 rings (SSSR count). The molecule has 0 saturated heterocycles. The first-order valence-corrected chi connectivity index (χ1v) is 9.36. The zero-order valence-electron chi connectivity index (χ0n) is 13.6. The Kier molecular flexibility index (Phi) is 6.12. The van der Waals surface area contributed by atoms with Crippen molar-refractivity contribution in [2.45, 2.75) is 62.4 Å². The molecule has 1 atom stereocenters. The molecule has 0 bridgehead atoms. The van der Waals surface area contributed by atoms with E-state index in [1.807, 2.05) is 31.2 Å². The number of hydrogen-bond acceptors (Lipinski definition) is 3. The zero-order valence-corrected chi connectivity index (χ0v) is 15.8. The summed E-state index contributed by atoms with van der Waals surface area (Å²) in [5, 5.41) is 0. The standard InChI is InChI=1S/C18H25IO3/c1-4-16(19)17(20)21-14-7-9-15(10-8-14)22-18(13(2)3)11-5-6-12-18/h7-10,13,16H,4-6,11-12H2,1-3H3. The summed E-state index contributed by atoms with van der Waals surface area (Å²) in [5.74, 6) is 1.75. The fraction of sp³-hybridized carbons (Fsp3) is 0.611. The number of carbonyl (C=O) groups excluding carboxylic acids is 1. The lowest BCUT2D eigenvalue weighted by Gasteiger charge is -2.34. The minimum atomic E-state index is -0.189. The van der Waals surface area contributed by atoms with E-state index in [2.05, 4.69) is 36.4 Å². The fourth-order valence-corrected chi connectivity index (χ4v) is 3.06. The van der Waals surface area contributed by atoms with Crippen LogP contribution < -0.4 is 9.47 Å². The second-order valence-electron chi connectivity index (χ2n) is 6.30. The highest BCUT2D eigenvalue weighted by Crippen LogP contribution is 2.40. The van der Waals surface area contributed by atoms with Crippen molar-refractivity contribution in [3.8, 4) is 11.5 Å². The van der Waals surface area contributed by atoms with Crippen molar-refractivity contribution in [3.05, 3.63) is 24.3 Å². The van der Waals surface area contributed by atoms with Crippen LogP contribution in [0.5, 0.6) is 11.5 Å². The van der Waals surface area contributed by atoms with E-state index in [9.17, 15) is 4.79 Å². The summed E-state index contributed by atoms with van der Waals surface area (Å²) in [6.07, 6.45) is 5.49. The van der Waals surface area contributed by atoms with Gasteiger partial charge in [0.1, 0.15) is 21.0 Å². The Morgan fingerprint density at radius 1 is 1.18 bits per heavy atom. The van der Waals surface area contributed by atoms with Crippen molar-refractivity contribution in [2.75, 3.05) is 0 Å². The number of esters is 1. The first-order valence-electron chi connectivity index (χ1n) is 8.11. The van der Waals surface area contributed by atoms with Crippen LogP contribution in [0.1, 0.15) is 52.9 Å². The lowest BCUT2D eigenvalue weighted by Crippen LogP contribution is -2.38. The maximum absolute atomic E-state index is 11.8. The summed E-state index contributed by atoms with van der Waals surface area (Å²) in [7, 11) is 0. The minimum absolute atomic E-state index is 0.0340. The topological polar surface area (TPSA) is 35.5 Å². The van der Waals surface area contributed by atoms with Gasteiger partial charge in [-0.1, -0.05) is 43.4 Å². The van der Waals surface area contributed by atoms with Crippen LogP contribution in [-0.4, -0.2) is 15.5 Å². The quantitative estimate of drug-likeness (QED) is 0.278. The van der Waals surface area contributed by atoms with E-state index in [1.54, 1.807) is 0 Å². The summed E-state index contributed by atoms with van der Waals surface area (Å²) in [5.41, 5.74) is -0.0340. The molecule has 0 N–H and O–H groups in total. The summed E-state index contributed by atoms with van der Waals surface area (Å²) in [6.45, 7) is 6.43. The molecule has 1 aliphatic rings. The van der Waals surface area contributed by atoms with Crippen molar-refractivity contribution < 1.29 is 14.3 Å². The number of carbonyl (C=O) groups is 1. The molecule has 4 heteroatoms. The average molecular weight is 416 g/mol. The van der Waals surface area contributed by atoms with E-state index in [0.717, 1.165) is 25.0 Å². The summed E-state index contributed by atoms with van der Waals surface area (Å²) in [6, 6.07) is 7.43. The Bertz CT molecular complexity index is 490. The molecule has 1 aliphatic carbocycles. The molecule has 0 spiro atoms. The molecule has 0 aromatic heterocycles. The third-order valence-electron chi connectivity index (χ3n) is 4.48. The van der Waals surface area contributed by atoms with Gasteiger partial charge in [-0.3, -0.25) is 4.79 Å². The van der Waals surface area contributed by atoms with Gasteiger partial charge in [-0.2, -0.15) is 0 Å². The van der Waals surface area contributed by atoms with Gasteiger partial charge in [0.05, 0.1) is 0 Å². The Labute approximate surface area is 146 Å². The molecule has 1 fully saturated rings. The second-order valence-corrected chi connectivity index (χ2v) is 7.80. The van der Waals surface area contributed by atoms with Crippen LogP contribution in [0.4, 0.5) is 0 Å². The molecule has 0 heterocycles. The lowest BCUT2D eigenvalue weighted by molar-refractivity contribution is -0.133. The SMILES string of the molecule is CCC(I)C(=O)Oc1ccc(OC2(C(C)C)CCCC2)cc1. The molecule has 1 saturated carbocycles. The smallest absolute Gasteiger partial charge is 0.324 e. The van der Waals surface area contributed by atoms with Crippen LogP contribution in [0, 0.1) is 5.92 Å². The third kappa shape index (κ3) is 4.15. The number of rotatable bonds is 6. The van der Waals surface area contributed by atoms with Gasteiger partial charge in [0.2, 0.25) is 0 Å². The van der Waals surface area contributed by atoms with Crippen LogP contribution in [0.3, 0.4) is 0 Å². The van der Waals surface area contributed by atoms with Crippen LogP contribution in [0.15, 0.2) is 24.3 Å². The van der Waals surface area contributed by atoms with E-state index >= 15 is 0 Å². The Morgan fingerprint density at radius 3 is 2.23 bits per heavy atom. The molecule has 22 heavy (non-hydrogen) atoms. The first-order chi connectivity index (χ1) is 10.5. The van der Waals surface area contributed by atoms with E-state index in [0.29, 0.717) is 11.7 Å². The molecular weight excluding hydrogens is 391 g/mol. The van der Waals surface area contributed by atoms with E-state index in [4.69, 9.17) is 9.47 Å². The zero-order chi connectivity index (χ0) is 16.2. The monoisotopic (exact) mass is 416 g/mol. The molecule has 0 amide bonds. The summed E-state index contributed by atoms with van der Waals surface area (Å²) >= 11 is 2.11. The average Bonchev–Trinajstić information content (AvgIpc) is 2.98. The minimum Gasteiger partial charge on any atom is -0.487 e. The summed E-state index contributed by atoms with van der Waals surface area (Å²) in [4.78, 5) is 11.8. The number of alkyl halides is 1. The van der Waals surface area contributed by atoms with Gasteiger partial charge >= 0.3 is 5.97 Å². The largest absolute Gasteiger partial charge is 0.487 e. The molecule has 0 radical (unpaired) electrons. The molecule has 1 aromatic rings. The van der Waals surface area contributed by atoms with Gasteiger partial charge in [-0.05, 0) is 62.3 Å². The maximum Gasteiger partial charge on any atom is 0.324 e. The normalized spacial score (nSPS) is 18.2. The van der Waals surface area contributed by atoms with Gasteiger partial charge < -0.3 is 9.47 Å². The Morgan fingerprint density at radius 2 is 1.73 bits per heavy atom. The van der Waals surface area contributed by atoms with Crippen LogP contribution in [0.2, 0.25) is 0 Å². The van der Waals surface area contributed by atoms with Gasteiger partial charge in [-0.15, -0.1) is 0 Å². The van der Waals surface area contributed by atoms with E-state index in [-0.39, 0.29) is 15.5 Å². The highest BCUT2D eigenvalue weighted by atomic mass is 127. The van der Waals surface area contributed by atoms with Crippen molar-refractivity contribution in [1.29, 1.82) is 0 Å². The summed E-state index contributed by atoms with van der Waals surface area (Å²) < 4.78 is 11.6. The Hall–Kier alpha value is -0.780. The fourth-order valence-electron chi connectivity index (χ4n) is 2.93. The van der Waals surface area contributed by atoms with Crippen LogP contribution in [0.25, 0.3) is 0 Å². The molecule has 1 aromatic carbocycles. The number of hydrogen-bond donors (Lipinski definition) is 0. The second kappa shape index (κ2) is 7.66. The van der Waals surface area contributed by atoms with Crippen molar-refractivity contribution in [1.82, 2.24) is 0 Å². The number of halogens is 1. The molecular formula is C18H25IO3. The Balaban J connectivity index is 2.01. The van der Waals surface area contributed by atoms with Gasteiger partial charge in [0.15, 0.2) is 0 Å². The molecule has 122 valence electrons. The maximum atomic E-state index is 11.8. The highest BCUT2D eigenvalue weighted by molar-refractivity contribution is 14.1. The third-order valence-corrected chi connectivity index (χ3v) is 5.87. The van der Waals surface area contributed by atoms with Crippen molar-refractivity contribution in [3.63, 3.8) is 0 Å². The lowest BCUT2D eigenvalue weighted by atomic mass is 9.88. The van der Waals surface area contributed by atoms with Gasteiger partial charge in [0, 0.05) is 0 Å². The number of ether oxygens (including phenoxy) is 2. The molecule has 3 nitrogen and oxygen atoms in total. The van der Waals surface area contributed by atoms with Crippen LogP contribution >= 0.6 is 22.6 Å². The number of benzene rings is 1. The first kappa shape index (κ1) is 17.6.